The number of rotatable bonds is 6. The summed E-state index contributed by atoms with van der Waals surface area (Å²) in [6.07, 6.45) is -0.634. The lowest BCUT2D eigenvalue weighted by Gasteiger charge is -2.30. The summed E-state index contributed by atoms with van der Waals surface area (Å²) in [4.78, 5) is 26.8. The maximum atomic E-state index is 11.3. The number of hydrogen-bond acceptors (Lipinski definition) is 5. The largest absolute Gasteiger partial charge is 0.371 e. The van der Waals surface area contributed by atoms with Gasteiger partial charge in [-0.15, -0.1) is 0 Å². The fraction of sp³-hybridized carbons (Fsp3) is 1.00. The molecule has 92 valence electrons. The summed E-state index contributed by atoms with van der Waals surface area (Å²) < 4.78 is 26.3. The minimum atomic E-state index is -5.19. The van der Waals surface area contributed by atoms with E-state index in [0.29, 0.717) is 0 Å². The topological polar surface area (TPSA) is 150 Å². The Morgan fingerprint density at radius 3 is 2.07 bits per heavy atom. The van der Waals surface area contributed by atoms with Crippen LogP contribution in [0.4, 0.5) is 0 Å². The van der Waals surface area contributed by atoms with Gasteiger partial charge in [0.2, 0.25) is 0 Å². The van der Waals surface area contributed by atoms with Crippen molar-refractivity contribution in [3.05, 3.63) is 0 Å². The van der Waals surface area contributed by atoms with Gasteiger partial charge in [-0.2, -0.15) is 0 Å². The van der Waals surface area contributed by atoms with Crippen LogP contribution < -0.4 is 5.73 Å². The monoisotopic (exact) mass is 263 g/mol. The van der Waals surface area contributed by atoms with Gasteiger partial charge in [-0.3, -0.25) is 9.13 Å². The van der Waals surface area contributed by atoms with Gasteiger partial charge < -0.3 is 30.0 Å². The summed E-state index contributed by atoms with van der Waals surface area (Å²) >= 11 is 0. The molecular formula is C5H15NO7P2. The highest BCUT2D eigenvalue weighted by molar-refractivity contribution is 7.72. The lowest BCUT2D eigenvalue weighted by Crippen LogP contribution is -2.30. The first kappa shape index (κ1) is 15.2. The SMILES string of the molecule is COP(=O)(O)C(O)(CCCN)P(=O)(O)O. The first-order valence-corrected chi connectivity index (χ1v) is 7.18. The van der Waals surface area contributed by atoms with E-state index in [9.17, 15) is 14.2 Å². The lowest BCUT2D eigenvalue weighted by molar-refractivity contribution is 0.115. The second-order valence-electron chi connectivity index (χ2n) is 2.91. The fourth-order valence-corrected chi connectivity index (χ4v) is 3.68. The van der Waals surface area contributed by atoms with Gasteiger partial charge in [0.05, 0.1) is 0 Å². The summed E-state index contributed by atoms with van der Waals surface area (Å²) in [6.45, 7) is 0.0199. The van der Waals surface area contributed by atoms with Crippen LogP contribution in [0.15, 0.2) is 0 Å². The third-order valence-corrected chi connectivity index (χ3v) is 6.20. The molecule has 0 aliphatic carbocycles. The summed E-state index contributed by atoms with van der Waals surface area (Å²) in [6, 6.07) is 0. The zero-order valence-corrected chi connectivity index (χ0v) is 9.90. The Morgan fingerprint density at radius 2 is 1.80 bits per heavy atom. The predicted octanol–water partition coefficient (Wildman–Crippen LogP) is -0.619. The van der Waals surface area contributed by atoms with Gasteiger partial charge in [0.1, 0.15) is 0 Å². The van der Waals surface area contributed by atoms with E-state index in [0.717, 1.165) is 7.11 Å². The molecule has 0 saturated heterocycles. The average Bonchev–Trinajstić information content (AvgIpc) is 2.12. The van der Waals surface area contributed by atoms with Gasteiger partial charge in [0.15, 0.2) is 0 Å². The molecule has 2 atom stereocenters. The van der Waals surface area contributed by atoms with Gasteiger partial charge in [0, 0.05) is 13.5 Å². The molecule has 0 aromatic carbocycles. The molecule has 8 nitrogen and oxygen atoms in total. The Kier molecular flexibility index (Phi) is 5.11. The van der Waals surface area contributed by atoms with Gasteiger partial charge >= 0.3 is 15.2 Å². The Hall–Kier alpha value is 0.220. The molecule has 0 rings (SSSR count). The maximum Gasteiger partial charge on any atom is 0.371 e. The quantitative estimate of drug-likeness (QED) is 0.398. The molecule has 2 unspecified atom stereocenters. The first-order chi connectivity index (χ1) is 6.62. The van der Waals surface area contributed by atoms with Crippen LogP contribution in [-0.2, 0) is 13.7 Å². The van der Waals surface area contributed by atoms with E-state index < -0.39 is 26.7 Å². The second kappa shape index (κ2) is 5.03. The Labute approximate surface area is 86.8 Å². The van der Waals surface area contributed by atoms with Crippen molar-refractivity contribution in [2.45, 2.75) is 17.9 Å². The van der Waals surface area contributed by atoms with Crippen LogP contribution in [0.2, 0.25) is 0 Å². The molecule has 0 radical (unpaired) electrons. The first-order valence-electron chi connectivity index (χ1n) is 3.99. The summed E-state index contributed by atoms with van der Waals surface area (Å²) in [5.74, 6) is 0. The van der Waals surface area contributed by atoms with Crippen molar-refractivity contribution in [1.29, 1.82) is 0 Å². The van der Waals surface area contributed by atoms with Crippen molar-refractivity contribution >= 4 is 15.2 Å². The zero-order valence-electron chi connectivity index (χ0n) is 8.11. The highest BCUT2D eigenvalue weighted by Gasteiger charge is 2.59. The fourth-order valence-electron chi connectivity index (χ4n) is 0.937. The van der Waals surface area contributed by atoms with E-state index >= 15 is 0 Å². The summed E-state index contributed by atoms with van der Waals surface area (Å²) in [5, 5.41) is 6.46. The van der Waals surface area contributed by atoms with Crippen LogP contribution >= 0.6 is 15.2 Å². The molecule has 0 fully saturated rings. The molecule has 0 aliphatic heterocycles. The predicted molar refractivity (Wildman–Crippen MR) is 52.1 cm³/mol. The van der Waals surface area contributed by atoms with Gasteiger partial charge in [-0.1, -0.05) is 0 Å². The normalized spacial score (nSPS) is 20.7. The summed E-state index contributed by atoms with van der Waals surface area (Å²) in [5.41, 5.74) is 5.09. The van der Waals surface area contributed by atoms with Crippen molar-refractivity contribution in [2.24, 2.45) is 5.73 Å². The molecule has 0 spiro atoms. The highest BCUT2D eigenvalue weighted by atomic mass is 31.2. The molecule has 15 heavy (non-hydrogen) atoms. The Balaban J connectivity index is 5.22. The molecule has 0 aromatic heterocycles. The van der Waals surface area contributed by atoms with Crippen LogP contribution in [0, 0.1) is 0 Å². The molecule has 0 aromatic rings. The number of nitrogens with two attached hydrogens (primary N) is 1. The van der Waals surface area contributed by atoms with Crippen LogP contribution in [0.3, 0.4) is 0 Å². The molecule has 10 heteroatoms. The maximum absolute atomic E-state index is 11.3. The molecule has 0 amide bonds. The third kappa shape index (κ3) is 3.09. The zero-order chi connectivity index (χ0) is 12.3. The van der Waals surface area contributed by atoms with E-state index in [4.69, 9.17) is 20.4 Å². The minimum Gasteiger partial charge on any atom is -0.368 e. The van der Waals surface area contributed by atoms with E-state index in [-0.39, 0.29) is 13.0 Å². The van der Waals surface area contributed by atoms with E-state index in [2.05, 4.69) is 4.52 Å². The van der Waals surface area contributed by atoms with Crippen molar-refractivity contribution in [3.63, 3.8) is 0 Å². The molecule has 0 heterocycles. The van der Waals surface area contributed by atoms with Gasteiger partial charge in [0.25, 0.3) is 5.08 Å². The van der Waals surface area contributed by atoms with E-state index in [1.807, 2.05) is 0 Å². The van der Waals surface area contributed by atoms with Crippen LogP contribution in [0.1, 0.15) is 12.8 Å². The molecule has 0 bridgehead atoms. The van der Waals surface area contributed by atoms with Crippen molar-refractivity contribution in [1.82, 2.24) is 0 Å². The lowest BCUT2D eigenvalue weighted by atomic mass is 10.3. The highest BCUT2D eigenvalue weighted by Crippen LogP contribution is 2.71. The van der Waals surface area contributed by atoms with E-state index in [1.54, 1.807) is 0 Å². The van der Waals surface area contributed by atoms with E-state index in [1.165, 1.54) is 0 Å². The number of hydrogen-bond donors (Lipinski definition) is 5. The summed E-state index contributed by atoms with van der Waals surface area (Å²) in [7, 11) is -9.22. The Bertz CT molecular complexity index is 302. The van der Waals surface area contributed by atoms with Crippen molar-refractivity contribution in [2.75, 3.05) is 13.7 Å². The molecule has 0 saturated carbocycles. The van der Waals surface area contributed by atoms with Crippen LogP contribution in [0.5, 0.6) is 0 Å². The minimum absolute atomic E-state index is 0.0183. The van der Waals surface area contributed by atoms with Crippen molar-refractivity contribution in [3.8, 4) is 0 Å². The van der Waals surface area contributed by atoms with Crippen LogP contribution in [-0.4, -0.2) is 38.5 Å². The Morgan fingerprint density at radius 1 is 1.33 bits per heavy atom. The third-order valence-electron chi connectivity index (χ3n) is 1.88. The van der Waals surface area contributed by atoms with Crippen molar-refractivity contribution < 1.29 is 33.4 Å². The van der Waals surface area contributed by atoms with Gasteiger partial charge in [-0.25, -0.2) is 0 Å². The van der Waals surface area contributed by atoms with Crippen LogP contribution in [0.25, 0.3) is 0 Å². The number of aliphatic hydroxyl groups is 1. The average molecular weight is 263 g/mol. The standard InChI is InChI=1S/C5H15NO7P2/c1-13-15(11,12)5(7,3-2-4-6)14(8,9)10/h7H,2-4,6H2,1H3,(H,11,12)(H2,8,9,10). The second-order valence-corrected chi connectivity index (χ2v) is 7.24. The smallest absolute Gasteiger partial charge is 0.368 e. The molecule has 6 N–H and O–H groups in total. The van der Waals surface area contributed by atoms with Gasteiger partial charge in [-0.05, 0) is 13.0 Å². The molecular weight excluding hydrogens is 248 g/mol. The molecule has 0 aliphatic rings.